The molecule has 2 unspecified atom stereocenters. The van der Waals surface area contributed by atoms with Crippen LogP contribution < -0.4 is 0 Å². The van der Waals surface area contributed by atoms with Gasteiger partial charge in [0.25, 0.3) is 0 Å². The molecule has 2 atom stereocenters. The third-order valence-corrected chi connectivity index (χ3v) is 5.83. The second-order valence-electron chi connectivity index (χ2n) is 6.08. The highest BCUT2D eigenvalue weighted by molar-refractivity contribution is 7.88. The van der Waals surface area contributed by atoms with Gasteiger partial charge in [0.15, 0.2) is 0 Å². The Kier molecular flexibility index (Phi) is 5.62. The number of aliphatic hydroxyl groups is 1. The Balaban J connectivity index is 2.15. The lowest BCUT2D eigenvalue weighted by Crippen LogP contribution is -2.56. The van der Waals surface area contributed by atoms with Crippen molar-refractivity contribution in [3.8, 4) is 0 Å². The molecule has 7 heteroatoms. The normalized spacial score (nSPS) is 28.6. The van der Waals surface area contributed by atoms with E-state index in [1.807, 2.05) is 4.90 Å². The molecule has 2 aliphatic rings. The average Bonchev–Trinajstić information content (AvgIpc) is 2.46. The standard InChI is InChI=1S/C14H26N2O4S/c1-21(19,20)16-10-5-3-7-13(16)14(18)15-9-4-2-6-12(15)8-11-17/h12-13,17H,2-11H2,1H3. The lowest BCUT2D eigenvalue weighted by Gasteiger charge is -2.41. The maximum Gasteiger partial charge on any atom is 0.241 e. The molecule has 1 N–H and O–H groups in total. The van der Waals surface area contributed by atoms with Gasteiger partial charge in [0.1, 0.15) is 6.04 Å². The number of carbonyl (C=O) groups excluding carboxylic acids is 1. The SMILES string of the molecule is CS(=O)(=O)N1CCCCC1C(=O)N1CCCCC1CCO. The number of amides is 1. The number of sulfonamides is 1. The van der Waals surface area contributed by atoms with Crippen LogP contribution in [0.4, 0.5) is 0 Å². The maximum absolute atomic E-state index is 12.8. The molecular weight excluding hydrogens is 292 g/mol. The van der Waals surface area contributed by atoms with Crippen molar-refractivity contribution in [2.45, 2.75) is 57.0 Å². The van der Waals surface area contributed by atoms with Crippen molar-refractivity contribution in [1.29, 1.82) is 0 Å². The largest absolute Gasteiger partial charge is 0.396 e. The van der Waals surface area contributed by atoms with Crippen LogP contribution in [0, 0.1) is 0 Å². The highest BCUT2D eigenvalue weighted by Gasteiger charge is 2.39. The molecule has 21 heavy (non-hydrogen) atoms. The summed E-state index contributed by atoms with van der Waals surface area (Å²) < 4.78 is 25.2. The van der Waals surface area contributed by atoms with E-state index in [9.17, 15) is 13.2 Å². The van der Waals surface area contributed by atoms with E-state index in [1.165, 1.54) is 10.6 Å². The summed E-state index contributed by atoms with van der Waals surface area (Å²) in [6, 6.07) is -0.493. The minimum Gasteiger partial charge on any atom is -0.396 e. The molecule has 0 aliphatic carbocycles. The molecule has 2 saturated heterocycles. The smallest absolute Gasteiger partial charge is 0.241 e. The van der Waals surface area contributed by atoms with Crippen molar-refractivity contribution in [2.24, 2.45) is 0 Å². The summed E-state index contributed by atoms with van der Waals surface area (Å²) in [6.45, 7) is 1.18. The predicted octanol–water partition coefficient (Wildman–Crippen LogP) is 0.564. The fourth-order valence-electron chi connectivity index (χ4n) is 3.48. The van der Waals surface area contributed by atoms with Gasteiger partial charge in [0, 0.05) is 25.7 Å². The van der Waals surface area contributed by atoms with Gasteiger partial charge < -0.3 is 10.0 Å². The topological polar surface area (TPSA) is 77.9 Å². The molecule has 0 bridgehead atoms. The first-order valence-electron chi connectivity index (χ1n) is 7.83. The molecule has 1 amide bonds. The first-order chi connectivity index (χ1) is 9.95. The van der Waals surface area contributed by atoms with E-state index in [-0.39, 0.29) is 18.6 Å². The van der Waals surface area contributed by atoms with Crippen LogP contribution in [0.1, 0.15) is 44.9 Å². The van der Waals surface area contributed by atoms with Crippen LogP contribution in [0.2, 0.25) is 0 Å². The van der Waals surface area contributed by atoms with Crippen molar-refractivity contribution in [2.75, 3.05) is 26.0 Å². The van der Waals surface area contributed by atoms with Crippen LogP contribution in [0.15, 0.2) is 0 Å². The molecule has 2 fully saturated rings. The van der Waals surface area contributed by atoms with Gasteiger partial charge in [-0.1, -0.05) is 6.42 Å². The van der Waals surface area contributed by atoms with Crippen molar-refractivity contribution in [3.63, 3.8) is 0 Å². The molecule has 0 aromatic rings. The Hall–Kier alpha value is -0.660. The predicted molar refractivity (Wildman–Crippen MR) is 80.2 cm³/mol. The lowest BCUT2D eigenvalue weighted by molar-refractivity contribution is -0.140. The monoisotopic (exact) mass is 318 g/mol. The third-order valence-electron chi connectivity index (χ3n) is 4.54. The van der Waals surface area contributed by atoms with Crippen LogP contribution in [0.5, 0.6) is 0 Å². The second kappa shape index (κ2) is 7.07. The molecule has 6 nitrogen and oxygen atoms in total. The van der Waals surface area contributed by atoms with Crippen molar-refractivity contribution in [3.05, 3.63) is 0 Å². The van der Waals surface area contributed by atoms with E-state index >= 15 is 0 Å². The average molecular weight is 318 g/mol. The first kappa shape index (κ1) is 16.7. The van der Waals surface area contributed by atoms with E-state index in [0.717, 1.165) is 32.1 Å². The summed E-state index contributed by atoms with van der Waals surface area (Å²) in [7, 11) is -3.35. The van der Waals surface area contributed by atoms with Crippen LogP contribution >= 0.6 is 0 Å². The zero-order valence-electron chi connectivity index (χ0n) is 12.7. The fourth-order valence-corrected chi connectivity index (χ4v) is 4.60. The number of aliphatic hydroxyl groups excluding tert-OH is 1. The number of nitrogens with zero attached hydrogens (tertiary/aromatic N) is 2. The number of hydrogen-bond acceptors (Lipinski definition) is 4. The number of carbonyl (C=O) groups is 1. The molecule has 122 valence electrons. The van der Waals surface area contributed by atoms with Crippen molar-refractivity contribution < 1.29 is 18.3 Å². The molecule has 0 aromatic carbocycles. The molecule has 0 radical (unpaired) electrons. The van der Waals surface area contributed by atoms with Gasteiger partial charge >= 0.3 is 0 Å². The van der Waals surface area contributed by atoms with E-state index in [0.29, 0.717) is 25.9 Å². The number of piperidine rings is 2. The van der Waals surface area contributed by atoms with Crippen LogP contribution in [0.3, 0.4) is 0 Å². The number of rotatable bonds is 4. The van der Waals surface area contributed by atoms with E-state index < -0.39 is 16.1 Å². The van der Waals surface area contributed by atoms with E-state index in [4.69, 9.17) is 5.11 Å². The summed E-state index contributed by atoms with van der Waals surface area (Å²) in [5.41, 5.74) is 0. The van der Waals surface area contributed by atoms with Gasteiger partial charge in [0.05, 0.1) is 6.26 Å². The zero-order chi connectivity index (χ0) is 15.5. The summed E-state index contributed by atoms with van der Waals surface area (Å²) in [5, 5.41) is 9.17. The molecule has 2 heterocycles. The fraction of sp³-hybridized carbons (Fsp3) is 0.929. The Morgan fingerprint density at radius 1 is 1.14 bits per heavy atom. The van der Waals surface area contributed by atoms with E-state index in [1.54, 1.807) is 0 Å². The van der Waals surface area contributed by atoms with Gasteiger partial charge in [-0.05, 0) is 38.5 Å². The first-order valence-corrected chi connectivity index (χ1v) is 9.68. The Labute approximate surface area is 127 Å². The molecule has 2 aliphatic heterocycles. The molecule has 0 aromatic heterocycles. The van der Waals surface area contributed by atoms with E-state index in [2.05, 4.69) is 0 Å². The minimum absolute atomic E-state index is 0.0552. The molecule has 0 saturated carbocycles. The Morgan fingerprint density at radius 2 is 1.81 bits per heavy atom. The summed E-state index contributed by atoms with van der Waals surface area (Å²) in [4.78, 5) is 14.6. The minimum atomic E-state index is -3.35. The highest BCUT2D eigenvalue weighted by atomic mass is 32.2. The lowest BCUT2D eigenvalue weighted by atomic mass is 9.96. The van der Waals surface area contributed by atoms with Crippen LogP contribution in [-0.2, 0) is 14.8 Å². The quantitative estimate of drug-likeness (QED) is 0.822. The van der Waals surface area contributed by atoms with Gasteiger partial charge in [-0.3, -0.25) is 4.79 Å². The van der Waals surface area contributed by atoms with Crippen molar-refractivity contribution >= 4 is 15.9 Å². The number of likely N-dealkylation sites (tertiary alicyclic amines) is 1. The highest BCUT2D eigenvalue weighted by Crippen LogP contribution is 2.26. The van der Waals surface area contributed by atoms with Crippen LogP contribution in [0.25, 0.3) is 0 Å². The van der Waals surface area contributed by atoms with Gasteiger partial charge in [-0.25, -0.2) is 8.42 Å². The van der Waals surface area contributed by atoms with Gasteiger partial charge in [-0.2, -0.15) is 4.31 Å². The Morgan fingerprint density at radius 3 is 2.48 bits per heavy atom. The zero-order valence-corrected chi connectivity index (χ0v) is 13.5. The summed E-state index contributed by atoms with van der Waals surface area (Å²) in [5.74, 6) is -0.0710. The second-order valence-corrected chi connectivity index (χ2v) is 8.01. The number of hydrogen-bond donors (Lipinski definition) is 1. The molecular formula is C14H26N2O4S. The van der Waals surface area contributed by atoms with Crippen molar-refractivity contribution in [1.82, 2.24) is 9.21 Å². The molecule has 2 rings (SSSR count). The van der Waals surface area contributed by atoms with Crippen LogP contribution in [-0.4, -0.2) is 66.7 Å². The summed E-state index contributed by atoms with van der Waals surface area (Å²) in [6.07, 6.45) is 7.00. The van der Waals surface area contributed by atoms with Gasteiger partial charge in [-0.15, -0.1) is 0 Å². The summed E-state index contributed by atoms with van der Waals surface area (Å²) >= 11 is 0. The third kappa shape index (κ3) is 3.96. The Bertz CT molecular complexity index is 464. The molecule has 0 spiro atoms. The van der Waals surface area contributed by atoms with Gasteiger partial charge in [0.2, 0.25) is 15.9 Å². The maximum atomic E-state index is 12.8.